The number of aromatic nitrogens is 2. The van der Waals surface area contributed by atoms with Crippen molar-refractivity contribution in [1.29, 1.82) is 0 Å². The quantitative estimate of drug-likeness (QED) is 0.924. The highest BCUT2D eigenvalue weighted by molar-refractivity contribution is 5.85. The second kappa shape index (κ2) is 4.97. The van der Waals surface area contributed by atoms with Crippen molar-refractivity contribution in [1.82, 2.24) is 9.97 Å². The summed E-state index contributed by atoms with van der Waals surface area (Å²) in [5.74, 6) is -3.17. The Labute approximate surface area is 106 Å². The first-order chi connectivity index (χ1) is 8.95. The van der Waals surface area contributed by atoms with Crippen LogP contribution in [0.2, 0.25) is 0 Å². The standard InChI is InChI=1S/C12H8F2N2O3/c1-6-15-10(12(17)18)5-11(16-6)19-7-2-3-8(13)9(14)4-7/h2-5H,1H3,(H,17,18). The van der Waals surface area contributed by atoms with E-state index in [-0.39, 0.29) is 23.1 Å². The van der Waals surface area contributed by atoms with Crippen molar-refractivity contribution < 1.29 is 23.4 Å². The molecule has 1 N–H and O–H groups in total. The van der Waals surface area contributed by atoms with Gasteiger partial charge in [-0.05, 0) is 19.1 Å². The van der Waals surface area contributed by atoms with Gasteiger partial charge in [-0.1, -0.05) is 0 Å². The topological polar surface area (TPSA) is 72.3 Å². The maximum absolute atomic E-state index is 13.0. The Morgan fingerprint density at radius 2 is 1.95 bits per heavy atom. The summed E-state index contributed by atoms with van der Waals surface area (Å²) in [6, 6.07) is 4.04. The molecular weight excluding hydrogens is 258 g/mol. The van der Waals surface area contributed by atoms with Gasteiger partial charge in [0.2, 0.25) is 5.88 Å². The summed E-state index contributed by atoms with van der Waals surface area (Å²) in [5, 5.41) is 8.82. The van der Waals surface area contributed by atoms with Gasteiger partial charge in [-0.2, -0.15) is 4.98 Å². The van der Waals surface area contributed by atoms with Crippen molar-refractivity contribution >= 4 is 5.97 Å². The number of carbonyl (C=O) groups is 1. The van der Waals surface area contributed by atoms with E-state index >= 15 is 0 Å². The van der Waals surface area contributed by atoms with E-state index in [9.17, 15) is 13.6 Å². The van der Waals surface area contributed by atoms with E-state index in [2.05, 4.69) is 9.97 Å². The molecule has 1 heterocycles. The monoisotopic (exact) mass is 266 g/mol. The molecule has 7 heteroatoms. The molecule has 0 unspecified atom stereocenters. The SMILES string of the molecule is Cc1nc(Oc2ccc(F)c(F)c2)cc(C(=O)O)n1. The van der Waals surface area contributed by atoms with Crippen molar-refractivity contribution in [3.63, 3.8) is 0 Å². The molecule has 1 aromatic carbocycles. The Bertz CT molecular complexity index is 647. The van der Waals surface area contributed by atoms with Gasteiger partial charge in [0, 0.05) is 12.1 Å². The van der Waals surface area contributed by atoms with E-state index in [1.165, 1.54) is 13.0 Å². The second-order valence-electron chi connectivity index (χ2n) is 3.62. The van der Waals surface area contributed by atoms with Crippen LogP contribution in [0, 0.1) is 18.6 Å². The van der Waals surface area contributed by atoms with Gasteiger partial charge >= 0.3 is 5.97 Å². The number of aromatic carboxylic acids is 1. The Kier molecular flexibility index (Phi) is 3.37. The molecule has 0 aliphatic carbocycles. The highest BCUT2D eigenvalue weighted by Gasteiger charge is 2.11. The van der Waals surface area contributed by atoms with Crippen LogP contribution in [0.5, 0.6) is 11.6 Å². The lowest BCUT2D eigenvalue weighted by Crippen LogP contribution is -2.04. The van der Waals surface area contributed by atoms with E-state index < -0.39 is 17.6 Å². The average Bonchev–Trinajstić information content (AvgIpc) is 2.33. The lowest BCUT2D eigenvalue weighted by molar-refractivity contribution is 0.0689. The van der Waals surface area contributed by atoms with Crippen molar-refractivity contribution in [2.75, 3.05) is 0 Å². The third-order valence-electron chi connectivity index (χ3n) is 2.15. The van der Waals surface area contributed by atoms with Crippen molar-refractivity contribution in [3.8, 4) is 11.6 Å². The molecule has 0 atom stereocenters. The van der Waals surface area contributed by atoms with Gasteiger partial charge < -0.3 is 9.84 Å². The first kappa shape index (κ1) is 12.9. The third kappa shape index (κ3) is 3.01. The van der Waals surface area contributed by atoms with Crippen LogP contribution >= 0.6 is 0 Å². The summed E-state index contributed by atoms with van der Waals surface area (Å²) in [6.45, 7) is 1.49. The smallest absolute Gasteiger partial charge is 0.354 e. The Morgan fingerprint density at radius 1 is 1.21 bits per heavy atom. The van der Waals surface area contributed by atoms with E-state index in [0.29, 0.717) is 0 Å². The minimum Gasteiger partial charge on any atom is -0.477 e. The number of ether oxygens (including phenoxy) is 1. The number of hydrogen-bond acceptors (Lipinski definition) is 4. The van der Waals surface area contributed by atoms with E-state index in [4.69, 9.17) is 9.84 Å². The van der Waals surface area contributed by atoms with E-state index in [1.54, 1.807) is 0 Å². The summed E-state index contributed by atoms with van der Waals surface area (Å²) in [5.41, 5.74) is -0.245. The maximum atomic E-state index is 13.0. The van der Waals surface area contributed by atoms with Gasteiger partial charge in [0.05, 0.1) is 0 Å². The van der Waals surface area contributed by atoms with Gasteiger partial charge in [-0.15, -0.1) is 0 Å². The molecule has 0 aliphatic heterocycles. The lowest BCUT2D eigenvalue weighted by Gasteiger charge is -2.06. The van der Waals surface area contributed by atoms with Crippen LogP contribution in [0.15, 0.2) is 24.3 Å². The molecule has 0 aliphatic rings. The number of nitrogens with zero attached hydrogens (tertiary/aromatic N) is 2. The molecule has 2 aromatic rings. The number of carboxylic acid groups (broad SMARTS) is 1. The lowest BCUT2D eigenvalue weighted by atomic mass is 10.3. The van der Waals surface area contributed by atoms with Crippen molar-refractivity contribution in [2.45, 2.75) is 6.92 Å². The Balaban J connectivity index is 2.32. The van der Waals surface area contributed by atoms with Gasteiger partial charge in [-0.25, -0.2) is 18.6 Å². The molecule has 0 fully saturated rings. The number of hydrogen-bond donors (Lipinski definition) is 1. The highest BCUT2D eigenvalue weighted by Crippen LogP contribution is 2.22. The van der Waals surface area contributed by atoms with Crippen molar-refractivity contribution in [3.05, 3.63) is 47.4 Å². The molecule has 0 saturated heterocycles. The van der Waals surface area contributed by atoms with Crippen LogP contribution in [0.4, 0.5) is 8.78 Å². The summed E-state index contributed by atoms with van der Waals surface area (Å²) >= 11 is 0. The van der Waals surface area contributed by atoms with Crippen LogP contribution in [0.3, 0.4) is 0 Å². The fourth-order valence-electron chi connectivity index (χ4n) is 1.36. The number of aryl methyl sites for hydroxylation is 1. The van der Waals surface area contributed by atoms with Gasteiger partial charge in [0.1, 0.15) is 11.6 Å². The van der Waals surface area contributed by atoms with E-state index in [0.717, 1.165) is 18.2 Å². The zero-order valence-electron chi connectivity index (χ0n) is 9.72. The maximum Gasteiger partial charge on any atom is 0.354 e. The summed E-state index contributed by atoms with van der Waals surface area (Å²) < 4.78 is 30.9. The predicted molar refractivity (Wildman–Crippen MR) is 60.2 cm³/mol. The average molecular weight is 266 g/mol. The van der Waals surface area contributed by atoms with Crippen LogP contribution in [0.1, 0.15) is 16.3 Å². The number of halogens is 2. The Hall–Kier alpha value is -2.57. The second-order valence-corrected chi connectivity index (χ2v) is 3.62. The molecule has 2 rings (SSSR count). The molecule has 0 amide bonds. The largest absolute Gasteiger partial charge is 0.477 e. The fourth-order valence-corrected chi connectivity index (χ4v) is 1.36. The third-order valence-corrected chi connectivity index (χ3v) is 2.15. The number of benzene rings is 1. The van der Waals surface area contributed by atoms with Crippen LogP contribution in [-0.2, 0) is 0 Å². The van der Waals surface area contributed by atoms with Gasteiger partial charge in [0.25, 0.3) is 0 Å². The molecule has 5 nitrogen and oxygen atoms in total. The van der Waals surface area contributed by atoms with Crippen LogP contribution in [0.25, 0.3) is 0 Å². The molecule has 0 radical (unpaired) electrons. The molecule has 0 spiro atoms. The van der Waals surface area contributed by atoms with Crippen LogP contribution in [-0.4, -0.2) is 21.0 Å². The first-order valence-corrected chi connectivity index (χ1v) is 5.17. The summed E-state index contributed by atoms with van der Waals surface area (Å²) in [7, 11) is 0. The molecule has 98 valence electrons. The minimum atomic E-state index is -1.24. The van der Waals surface area contributed by atoms with Gasteiger partial charge in [0.15, 0.2) is 17.3 Å². The number of carboxylic acids is 1. The molecule has 1 aromatic heterocycles. The fraction of sp³-hybridized carbons (Fsp3) is 0.0833. The highest BCUT2D eigenvalue weighted by atomic mass is 19.2. The number of rotatable bonds is 3. The zero-order valence-corrected chi connectivity index (χ0v) is 9.72. The normalized spacial score (nSPS) is 10.3. The zero-order chi connectivity index (χ0) is 14.0. The first-order valence-electron chi connectivity index (χ1n) is 5.17. The molecule has 0 saturated carbocycles. The molecule has 19 heavy (non-hydrogen) atoms. The minimum absolute atomic E-state index is 0.00772. The van der Waals surface area contributed by atoms with Gasteiger partial charge in [-0.3, -0.25) is 0 Å². The van der Waals surface area contributed by atoms with Crippen molar-refractivity contribution in [2.24, 2.45) is 0 Å². The van der Waals surface area contributed by atoms with Crippen LogP contribution < -0.4 is 4.74 Å². The predicted octanol–water partition coefficient (Wildman–Crippen LogP) is 2.55. The molecular formula is C12H8F2N2O3. The summed E-state index contributed by atoms with van der Waals surface area (Å²) in [4.78, 5) is 18.3. The molecule has 0 bridgehead atoms. The van der Waals surface area contributed by atoms with E-state index in [1.807, 2.05) is 0 Å². The summed E-state index contributed by atoms with van der Waals surface area (Å²) in [6.07, 6.45) is 0. The Morgan fingerprint density at radius 3 is 2.58 bits per heavy atom.